The number of hydrogen-bond donors (Lipinski definition) is 0. The largest absolute Gasteiger partial charge is 0.250 e. The van der Waals surface area contributed by atoms with Crippen molar-refractivity contribution in [2.24, 2.45) is 0 Å². The van der Waals surface area contributed by atoms with Crippen LogP contribution in [0.4, 0.5) is 0 Å². The average molecular weight is 227 g/mol. The fourth-order valence-corrected chi connectivity index (χ4v) is 1.61. The minimum atomic E-state index is 0.352. The predicted molar refractivity (Wildman–Crippen MR) is 58.5 cm³/mol. The van der Waals surface area contributed by atoms with Gasteiger partial charge < -0.3 is 0 Å². The van der Waals surface area contributed by atoms with Crippen LogP contribution >= 0.6 is 23.2 Å². The van der Waals surface area contributed by atoms with Gasteiger partial charge in [0, 0.05) is 11.2 Å². The molecule has 0 aliphatic carbocycles. The molecule has 1 aromatic heterocycles. The van der Waals surface area contributed by atoms with Crippen LogP contribution < -0.4 is 0 Å². The molecule has 2 aromatic rings. The molecule has 72 valence electrons. The van der Waals surface area contributed by atoms with Crippen molar-refractivity contribution in [2.75, 3.05) is 0 Å². The van der Waals surface area contributed by atoms with Crippen LogP contribution in [0.1, 0.15) is 0 Å². The Labute approximate surface area is 92.1 Å². The van der Waals surface area contributed by atoms with Gasteiger partial charge in [-0.05, 0) is 23.8 Å². The van der Waals surface area contributed by atoms with Crippen molar-refractivity contribution < 1.29 is 0 Å². The molecule has 0 bridgehead atoms. The monoisotopic (exact) mass is 226 g/mol. The lowest BCUT2D eigenvalue weighted by Crippen LogP contribution is -1.96. The van der Waals surface area contributed by atoms with E-state index in [-0.39, 0.29) is 0 Å². The lowest BCUT2D eigenvalue weighted by atomic mass is 10.1. The molecule has 2 rings (SSSR count). The van der Waals surface area contributed by atoms with Gasteiger partial charge in [0.1, 0.15) is 6.00 Å². The summed E-state index contributed by atoms with van der Waals surface area (Å²) >= 11 is 11.5. The maximum absolute atomic E-state index is 5.80. The summed E-state index contributed by atoms with van der Waals surface area (Å²) in [6.45, 7) is 0. The highest BCUT2D eigenvalue weighted by Gasteiger charge is 2.03. The summed E-state index contributed by atoms with van der Waals surface area (Å²) in [7, 11) is 0. The molecular formula is C10H8Cl2N2. The number of benzene rings is 1. The van der Waals surface area contributed by atoms with E-state index in [0.29, 0.717) is 6.00 Å². The van der Waals surface area contributed by atoms with Crippen LogP contribution in [0.15, 0.2) is 36.5 Å². The van der Waals surface area contributed by atoms with E-state index in [1.165, 1.54) is 0 Å². The minimum Gasteiger partial charge on any atom is -0.250 e. The first-order valence-corrected chi connectivity index (χ1v) is 5.06. The van der Waals surface area contributed by atoms with E-state index in [2.05, 4.69) is 5.10 Å². The zero-order valence-corrected chi connectivity index (χ0v) is 8.83. The summed E-state index contributed by atoms with van der Waals surface area (Å²) < 4.78 is 1.73. The van der Waals surface area contributed by atoms with Gasteiger partial charge in [-0.3, -0.25) is 4.68 Å². The fraction of sp³-hybridized carbons (Fsp3) is 0.100. The molecule has 0 N–H and O–H groups in total. The summed E-state index contributed by atoms with van der Waals surface area (Å²) in [6.07, 6.45) is 1.73. The van der Waals surface area contributed by atoms with E-state index in [4.69, 9.17) is 23.2 Å². The van der Waals surface area contributed by atoms with Gasteiger partial charge in [0.25, 0.3) is 0 Å². The van der Waals surface area contributed by atoms with Gasteiger partial charge in [0.15, 0.2) is 0 Å². The summed E-state index contributed by atoms with van der Waals surface area (Å²) in [5, 5.41) is 4.81. The first-order valence-electron chi connectivity index (χ1n) is 4.15. The highest BCUT2D eigenvalue weighted by Crippen LogP contribution is 2.21. The molecule has 14 heavy (non-hydrogen) atoms. The molecule has 0 unspecified atom stereocenters. The Kier molecular flexibility index (Phi) is 2.75. The molecule has 0 saturated carbocycles. The van der Waals surface area contributed by atoms with Crippen LogP contribution in [-0.2, 0) is 6.00 Å². The van der Waals surface area contributed by atoms with Gasteiger partial charge >= 0.3 is 0 Å². The van der Waals surface area contributed by atoms with Gasteiger partial charge in [0.2, 0.25) is 0 Å². The molecule has 0 atom stereocenters. The Bertz CT molecular complexity index is 420. The van der Waals surface area contributed by atoms with Crippen LogP contribution in [0.3, 0.4) is 0 Å². The van der Waals surface area contributed by atoms with Crippen LogP contribution in [0.25, 0.3) is 11.3 Å². The Hall–Kier alpha value is -0.990. The number of rotatable bonds is 2. The molecule has 0 aliphatic rings. The Morgan fingerprint density at radius 2 is 1.86 bits per heavy atom. The molecule has 0 radical (unpaired) electrons. The Morgan fingerprint density at radius 1 is 1.14 bits per heavy atom. The Balaban J connectivity index is 2.44. The summed E-state index contributed by atoms with van der Waals surface area (Å²) in [5.41, 5.74) is 2.06. The van der Waals surface area contributed by atoms with E-state index in [0.717, 1.165) is 16.3 Å². The maximum atomic E-state index is 5.80. The van der Waals surface area contributed by atoms with Gasteiger partial charge in [-0.15, -0.1) is 11.6 Å². The van der Waals surface area contributed by atoms with Gasteiger partial charge in [-0.25, -0.2) is 0 Å². The number of aromatic nitrogens is 2. The zero-order chi connectivity index (χ0) is 9.97. The Morgan fingerprint density at radius 3 is 2.50 bits per heavy atom. The molecular weight excluding hydrogens is 219 g/mol. The molecule has 0 saturated heterocycles. The van der Waals surface area contributed by atoms with Crippen LogP contribution in [0.5, 0.6) is 0 Å². The SMILES string of the molecule is ClCn1nccc1-c1ccc(Cl)cc1. The highest BCUT2D eigenvalue weighted by atomic mass is 35.5. The number of alkyl halides is 1. The lowest BCUT2D eigenvalue weighted by molar-refractivity contribution is 0.752. The number of hydrogen-bond acceptors (Lipinski definition) is 1. The standard InChI is InChI=1S/C10H8Cl2N2/c11-7-14-10(5-6-13-14)8-1-3-9(12)4-2-8/h1-6H,7H2. The molecule has 4 heteroatoms. The van der Waals surface area contributed by atoms with Crippen molar-refractivity contribution in [3.63, 3.8) is 0 Å². The first-order chi connectivity index (χ1) is 6.81. The van der Waals surface area contributed by atoms with E-state index in [1.54, 1.807) is 10.9 Å². The van der Waals surface area contributed by atoms with Crippen molar-refractivity contribution in [1.29, 1.82) is 0 Å². The second-order valence-corrected chi connectivity index (χ2v) is 3.52. The summed E-state index contributed by atoms with van der Waals surface area (Å²) in [6, 6.07) is 9.87. The second-order valence-electron chi connectivity index (χ2n) is 2.84. The molecule has 0 aliphatic heterocycles. The molecule has 0 fully saturated rings. The summed E-state index contributed by atoms with van der Waals surface area (Å²) in [4.78, 5) is 0. The van der Waals surface area contributed by atoms with Gasteiger partial charge in [-0.2, -0.15) is 5.10 Å². The third kappa shape index (κ3) is 1.76. The molecule has 0 amide bonds. The van der Waals surface area contributed by atoms with Crippen molar-refractivity contribution in [1.82, 2.24) is 9.78 Å². The van der Waals surface area contributed by atoms with E-state index in [9.17, 15) is 0 Å². The van der Waals surface area contributed by atoms with Crippen molar-refractivity contribution in [3.05, 3.63) is 41.6 Å². The average Bonchev–Trinajstić information content (AvgIpc) is 2.67. The fourth-order valence-electron chi connectivity index (χ4n) is 1.29. The van der Waals surface area contributed by atoms with Gasteiger partial charge in [0.05, 0.1) is 5.69 Å². The zero-order valence-electron chi connectivity index (χ0n) is 7.32. The predicted octanol–water partition coefficient (Wildman–Crippen LogP) is 3.40. The second kappa shape index (κ2) is 4.03. The third-order valence-corrected chi connectivity index (χ3v) is 2.45. The van der Waals surface area contributed by atoms with E-state index < -0.39 is 0 Å². The quantitative estimate of drug-likeness (QED) is 0.719. The maximum Gasteiger partial charge on any atom is 0.116 e. The normalized spacial score (nSPS) is 10.4. The molecule has 2 nitrogen and oxygen atoms in total. The number of halogens is 2. The molecule has 1 aromatic carbocycles. The van der Waals surface area contributed by atoms with Crippen molar-refractivity contribution in [3.8, 4) is 11.3 Å². The number of nitrogens with zero attached hydrogens (tertiary/aromatic N) is 2. The minimum absolute atomic E-state index is 0.352. The third-order valence-electron chi connectivity index (χ3n) is 1.97. The topological polar surface area (TPSA) is 17.8 Å². The van der Waals surface area contributed by atoms with E-state index >= 15 is 0 Å². The summed E-state index contributed by atoms with van der Waals surface area (Å²) in [5.74, 6) is 0. The smallest absolute Gasteiger partial charge is 0.116 e. The van der Waals surface area contributed by atoms with E-state index in [1.807, 2.05) is 30.3 Å². The highest BCUT2D eigenvalue weighted by molar-refractivity contribution is 6.30. The van der Waals surface area contributed by atoms with Crippen molar-refractivity contribution in [2.45, 2.75) is 6.00 Å². The van der Waals surface area contributed by atoms with Crippen LogP contribution in [0, 0.1) is 0 Å². The first kappa shape index (κ1) is 9.56. The van der Waals surface area contributed by atoms with Crippen LogP contribution in [-0.4, -0.2) is 9.78 Å². The molecule has 1 heterocycles. The van der Waals surface area contributed by atoms with Crippen LogP contribution in [0.2, 0.25) is 5.02 Å². The molecule has 0 spiro atoms. The lowest BCUT2D eigenvalue weighted by Gasteiger charge is -2.03. The van der Waals surface area contributed by atoms with Crippen molar-refractivity contribution >= 4 is 23.2 Å². The van der Waals surface area contributed by atoms with Gasteiger partial charge in [-0.1, -0.05) is 23.7 Å².